The van der Waals surface area contributed by atoms with Crippen molar-refractivity contribution in [3.63, 3.8) is 0 Å². The quantitative estimate of drug-likeness (QED) is 0.636. The van der Waals surface area contributed by atoms with Crippen LogP contribution in [0.15, 0.2) is 48.5 Å². The lowest BCUT2D eigenvalue weighted by Crippen LogP contribution is -2.38. The van der Waals surface area contributed by atoms with E-state index in [1.165, 1.54) is 0 Å². The molecule has 0 radical (unpaired) electrons. The zero-order chi connectivity index (χ0) is 19.7. The fourth-order valence-corrected chi connectivity index (χ4v) is 2.51. The maximum Gasteiger partial charge on any atom is 0.402 e. The zero-order valence-corrected chi connectivity index (χ0v) is 12.7. The minimum atomic E-state index is -5.33. The normalized spacial score (nSPS) is 14.8. The number of rotatable bonds is 4. The summed E-state index contributed by atoms with van der Waals surface area (Å²) in [7, 11) is 0. The van der Waals surface area contributed by atoms with Gasteiger partial charge in [-0.25, -0.2) is 8.78 Å². The van der Waals surface area contributed by atoms with E-state index in [1.807, 2.05) is 0 Å². The summed E-state index contributed by atoms with van der Waals surface area (Å²) in [4.78, 5) is 12.3. The van der Waals surface area contributed by atoms with Crippen molar-refractivity contribution in [1.82, 2.24) is 0 Å². The average molecular weight is 382 g/mol. The summed E-state index contributed by atoms with van der Waals surface area (Å²) < 4.78 is 106. The predicted octanol–water partition coefficient (Wildman–Crippen LogP) is 5.53. The van der Waals surface area contributed by atoms with Gasteiger partial charge >= 0.3 is 12.4 Å². The second kappa shape index (κ2) is 7.05. The molecule has 0 bridgehead atoms. The molecule has 0 aliphatic rings. The first-order chi connectivity index (χ1) is 11.9. The van der Waals surface area contributed by atoms with Crippen LogP contribution < -0.4 is 0 Å². The summed E-state index contributed by atoms with van der Waals surface area (Å²) in [5.74, 6) is -10.2. The van der Waals surface area contributed by atoms with E-state index in [0.717, 1.165) is 0 Å². The van der Waals surface area contributed by atoms with Gasteiger partial charge in [0.1, 0.15) is 23.5 Å². The number of ketones is 1. The first kappa shape index (κ1) is 19.9. The van der Waals surface area contributed by atoms with Crippen molar-refractivity contribution in [3.05, 3.63) is 71.3 Å². The van der Waals surface area contributed by atoms with Gasteiger partial charge in [-0.3, -0.25) is 4.79 Å². The third-order valence-electron chi connectivity index (χ3n) is 3.63. The first-order valence-electron chi connectivity index (χ1n) is 7.09. The van der Waals surface area contributed by atoms with Gasteiger partial charge in [-0.15, -0.1) is 0 Å². The molecular weight excluding hydrogens is 372 g/mol. The molecule has 0 amide bonds. The molecule has 140 valence electrons. The minimum absolute atomic E-state index is 0.601. The summed E-state index contributed by atoms with van der Waals surface area (Å²) in [6.45, 7) is 0. The van der Waals surface area contributed by atoms with Crippen LogP contribution in [0.3, 0.4) is 0 Å². The highest BCUT2D eigenvalue weighted by atomic mass is 19.4. The zero-order valence-electron chi connectivity index (χ0n) is 12.7. The highest BCUT2D eigenvalue weighted by molar-refractivity contribution is 5.93. The summed E-state index contributed by atoms with van der Waals surface area (Å²) >= 11 is 0. The third kappa shape index (κ3) is 4.39. The summed E-state index contributed by atoms with van der Waals surface area (Å²) in [6, 6.07) is 4.85. The van der Waals surface area contributed by atoms with Crippen molar-refractivity contribution in [2.24, 2.45) is 0 Å². The van der Waals surface area contributed by atoms with Crippen molar-refractivity contribution in [2.45, 2.75) is 24.2 Å². The largest absolute Gasteiger partial charge is 0.402 e. The second-order valence-corrected chi connectivity index (χ2v) is 5.45. The molecule has 2 aromatic carbocycles. The van der Waals surface area contributed by atoms with Crippen molar-refractivity contribution in [3.8, 4) is 0 Å². The molecule has 2 atom stereocenters. The third-order valence-corrected chi connectivity index (χ3v) is 3.63. The van der Waals surface area contributed by atoms with Crippen LogP contribution in [0.4, 0.5) is 35.1 Å². The molecule has 0 heterocycles. The van der Waals surface area contributed by atoms with Crippen molar-refractivity contribution in [1.29, 1.82) is 0 Å². The van der Waals surface area contributed by atoms with Crippen LogP contribution >= 0.6 is 0 Å². The molecule has 0 N–H and O–H groups in total. The Balaban J connectivity index is 2.55. The number of carbonyl (C=O) groups excluding carboxylic acids is 1. The Kier molecular flexibility index (Phi) is 5.39. The molecular formula is C17H10F8O. The van der Waals surface area contributed by atoms with Gasteiger partial charge in [-0.2, -0.15) is 26.3 Å². The van der Waals surface area contributed by atoms with E-state index in [1.54, 1.807) is 0 Å². The van der Waals surface area contributed by atoms with Crippen LogP contribution in [0.1, 0.15) is 23.0 Å². The van der Waals surface area contributed by atoms with Gasteiger partial charge in [0, 0.05) is 0 Å². The average Bonchev–Trinajstić information content (AvgIpc) is 2.49. The lowest BCUT2D eigenvalue weighted by atomic mass is 9.83. The smallest absolute Gasteiger partial charge is 0.298 e. The molecule has 2 rings (SSSR count). The maximum absolute atomic E-state index is 13.3. The van der Waals surface area contributed by atoms with E-state index in [2.05, 4.69) is 0 Å². The number of carbonyl (C=O) groups is 1. The number of halogens is 8. The lowest BCUT2D eigenvalue weighted by Gasteiger charge is -2.26. The summed E-state index contributed by atoms with van der Waals surface area (Å²) in [5.41, 5.74) is -1.64. The van der Waals surface area contributed by atoms with Gasteiger partial charge in [-0.05, 0) is 35.4 Å². The van der Waals surface area contributed by atoms with Crippen LogP contribution in [0, 0.1) is 11.6 Å². The highest BCUT2D eigenvalue weighted by Crippen LogP contribution is 2.44. The van der Waals surface area contributed by atoms with E-state index in [0.29, 0.717) is 48.5 Å². The topological polar surface area (TPSA) is 17.1 Å². The Labute approximate surface area is 142 Å². The van der Waals surface area contributed by atoms with E-state index in [9.17, 15) is 39.9 Å². The molecule has 0 saturated carbocycles. The molecule has 0 aliphatic heterocycles. The highest BCUT2D eigenvalue weighted by Gasteiger charge is 2.55. The van der Waals surface area contributed by atoms with Gasteiger partial charge in [0.2, 0.25) is 0 Å². The van der Waals surface area contributed by atoms with E-state index in [4.69, 9.17) is 0 Å². The molecule has 1 nitrogen and oxygen atoms in total. The Morgan fingerprint density at radius 2 is 0.885 bits per heavy atom. The fourth-order valence-electron chi connectivity index (χ4n) is 2.51. The van der Waals surface area contributed by atoms with E-state index in [-0.39, 0.29) is 0 Å². The van der Waals surface area contributed by atoms with Crippen molar-refractivity contribution < 1.29 is 39.9 Å². The van der Waals surface area contributed by atoms with E-state index >= 15 is 0 Å². The molecule has 0 saturated heterocycles. The van der Waals surface area contributed by atoms with Crippen molar-refractivity contribution in [2.75, 3.05) is 0 Å². The summed E-state index contributed by atoms with van der Waals surface area (Å²) in [5, 5.41) is 0. The van der Waals surface area contributed by atoms with Gasteiger partial charge in [0.05, 0.1) is 0 Å². The van der Waals surface area contributed by atoms with Gasteiger partial charge in [0.15, 0.2) is 5.78 Å². The Bertz CT molecular complexity index is 694. The van der Waals surface area contributed by atoms with Crippen LogP contribution in [0.25, 0.3) is 0 Å². The molecule has 0 fully saturated rings. The molecule has 0 spiro atoms. The Hall–Kier alpha value is -2.45. The minimum Gasteiger partial charge on any atom is -0.298 e. The van der Waals surface area contributed by atoms with E-state index < -0.39 is 52.7 Å². The number of hydrogen-bond donors (Lipinski definition) is 0. The molecule has 26 heavy (non-hydrogen) atoms. The second-order valence-electron chi connectivity index (χ2n) is 5.45. The molecule has 2 unspecified atom stereocenters. The van der Waals surface area contributed by atoms with Gasteiger partial charge in [0.25, 0.3) is 0 Å². The predicted molar refractivity (Wildman–Crippen MR) is 75.4 cm³/mol. The Morgan fingerprint density at radius 3 is 1.12 bits per heavy atom. The lowest BCUT2D eigenvalue weighted by molar-refractivity contribution is -0.183. The van der Waals surface area contributed by atoms with Crippen LogP contribution in [0.2, 0.25) is 0 Å². The monoisotopic (exact) mass is 382 g/mol. The molecule has 0 aromatic heterocycles. The Morgan fingerprint density at radius 1 is 0.615 bits per heavy atom. The summed E-state index contributed by atoms with van der Waals surface area (Å²) in [6.07, 6.45) is -10.7. The van der Waals surface area contributed by atoms with Crippen LogP contribution in [-0.2, 0) is 4.79 Å². The molecule has 9 heteroatoms. The number of alkyl halides is 6. The van der Waals surface area contributed by atoms with Gasteiger partial charge in [-0.1, -0.05) is 24.3 Å². The fraction of sp³-hybridized carbons (Fsp3) is 0.235. The number of hydrogen-bond acceptors (Lipinski definition) is 1. The first-order valence-corrected chi connectivity index (χ1v) is 7.09. The van der Waals surface area contributed by atoms with Crippen LogP contribution in [-0.4, -0.2) is 18.1 Å². The van der Waals surface area contributed by atoms with Crippen molar-refractivity contribution >= 4 is 5.78 Å². The number of Topliss-reactive ketones (excluding diaryl/α,β-unsaturated/α-hetero) is 1. The SMILES string of the molecule is O=C(C(c1ccc(F)cc1)C(F)(F)F)C(c1ccc(F)cc1)C(F)(F)F. The maximum atomic E-state index is 13.3. The van der Waals surface area contributed by atoms with Gasteiger partial charge < -0.3 is 0 Å². The molecule has 2 aromatic rings. The van der Waals surface area contributed by atoms with Crippen LogP contribution in [0.5, 0.6) is 0 Å². The molecule has 0 aliphatic carbocycles. The standard InChI is InChI=1S/C17H10F8O/c18-11-5-1-9(2-6-11)13(16(20,21)22)15(26)14(17(23,24)25)10-3-7-12(19)8-4-10/h1-8,13-14H. The number of benzene rings is 2.